The number of nitro benzene ring substituents is 1. The summed E-state index contributed by atoms with van der Waals surface area (Å²) in [6.07, 6.45) is 0. The van der Waals surface area contributed by atoms with Gasteiger partial charge >= 0.3 is 5.97 Å². The molecule has 38 heavy (non-hydrogen) atoms. The molecular formula is C25H24N4O9. The summed E-state index contributed by atoms with van der Waals surface area (Å²) in [6.45, 7) is -0.254. The first kappa shape index (κ1) is 24.9. The molecule has 2 aromatic heterocycles. The van der Waals surface area contributed by atoms with Crippen molar-refractivity contribution in [2.24, 2.45) is 0 Å². The van der Waals surface area contributed by atoms with E-state index in [-0.39, 0.29) is 41.4 Å². The van der Waals surface area contributed by atoms with E-state index in [1.54, 1.807) is 12.1 Å². The van der Waals surface area contributed by atoms with Crippen molar-refractivity contribution in [3.05, 3.63) is 51.3 Å². The molecule has 0 radical (unpaired) electrons. The van der Waals surface area contributed by atoms with E-state index in [9.17, 15) is 24.8 Å². The van der Waals surface area contributed by atoms with Crippen molar-refractivity contribution in [2.75, 3.05) is 46.5 Å². The van der Waals surface area contributed by atoms with Gasteiger partial charge in [0, 0.05) is 29.3 Å². The molecule has 1 amide bonds. The van der Waals surface area contributed by atoms with Crippen LogP contribution in [0.5, 0.6) is 17.2 Å². The summed E-state index contributed by atoms with van der Waals surface area (Å²) < 4.78 is 21.1. The highest BCUT2D eigenvalue weighted by atomic mass is 16.6. The minimum Gasteiger partial charge on any atom is -0.493 e. The predicted molar refractivity (Wildman–Crippen MR) is 136 cm³/mol. The number of aliphatic hydroxyl groups excluding tert-OH is 1. The molecule has 13 nitrogen and oxygen atoms in total. The number of fused-ring (bicyclic) bond motifs is 4. The second-order valence-corrected chi connectivity index (χ2v) is 8.64. The maximum atomic E-state index is 13.8. The standard InChI is InChI=1S/C25H24N4O9/c1-35-18-6-11-5-14(26-20(11)23(37-3)22(18)36-2)24(31)28-9-12(10-30)19-13-7-15(25(32)38-4)27-21(13)17(29(33)34)8-16(19)28/h5-8,12,26-27,30H,9-10H2,1-4H3. The molecule has 13 heteroatoms. The lowest BCUT2D eigenvalue weighted by Gasteiger charge is -2.17. The predicted octanol–water partition coefficient (Wildman–Crippen LogP) is 3.11. The summed E-state index contributed by atoms with van der Waals surface area (Å²) in [5, 5.41) is 23.1. The Bertz CT molecular complexity index is 1620. The third-order valence-electron chi connectivity index (χ3n) is 6.73. The van der Waals surface area contributed by atoms with Gasteiger partial charge in [-0.3, -0.25) is 14.9 Å². The minimum absolute atomic E-state index is 0.0195. The number of carbonyl (C=O) groups is 2. The quantitative estimate of drug-likeness (QED) is 0.187. The van der Waals surface area contributed by atoms with Gasteiger partial charge in [0.2, 0.25) is 5.75 Å². The summed E-state index contributed by atoms with van der Waals surface area (Å²) in [6, 6.07) is 6.03. The Labute approximate surface area is 215 Å². The van der Waals surface area contributed by atoms with E-state index in [1.807, 2.05) is 0 Å². The van der Waals surface area contributed by atoms with Crippen molar-refractivity contribution in [1.29, 1.82) is 0 Å². The first-order valence-electron chi connectivity index (χ1n) is 11.4. The number of rotatable bonds is 7. The number of nitrogens with zero attached hydrogens (tertiary/aromatic N) is 2. The summed E-state index contributed by atoms with van der Waals surface area (Å²) in [7, 11) is 5.62. The largest absolute Gasteiger partial charge is 0.493 e. The van der Waals surface area contributed by atoms with E-state index in [1.165, 1.54) is 45.5 Å². The van der Waals surface area contributed by atoms with E-state index in [0.717, 1.165) is 0 Å². The van der Waals surface area contributed by atoms with Gasteiger partial charge in [-0.15, -0.1) is 0 Å². The summed E-state index contributed by atoms with van der Waals surface area (Å²) in [5.74, 6) is -0.617. The average molecular weight is 524 g/mol. The zero-order valence-electron chi connectivity index (χ0n) is 20.9. The highest BCUT2D eigenvalue weighted by molar-refractivity contribution is 6.12. The second-order valence-electron chi connectivity index (χ2n) is 8.64. The Morgan fingerprint density at radius 3 is 2.34 bits per heavy atom. The van der Waals surface area contributed by atoms with E-state index in [2.05, 4.69) is 9.97 Å². The zero-order chi connectivity index (χ0) is 27.3. The van der Waals surface area contributed by atoms with Gasteiger partial charge in [-0.05, 0) is 23.8 Å². The van der Waals surface area contributed by atoms with Gasteiger partial charge in [0.15, 0.2) is 11.5 Å². The summed E-state index contributed by atoms with van der Waals surface area (Å²) in [4.78, 5) is 44.5. The number of hydrogen-bond acceptors (Lipinski definition) is 9. The number of non-ortho nitro benzene ring substituents is 1. The lowest BCUT2D eigenvalue weighted by atomic mass is 9.97. The zero-order valence-corrected chi connectivity index (χ0v) is 20.9. The van der Waals surface area contributed by atoms with Crippen molar-refractivity contribution in [3.63, 3.8) is 0 Å². The van der Waals surface area contributed by atoms with E-state index in [4.69, 9.17) is 18.9 Å². The number of aliphatic hydroxyl groups is 1. The van der Waals surface area contributed by atoms with Crippen molar-refractivity contribution >= 4 is 45.1 Å². The van der Waals surface area contributed by atoms with Gasteiger partial charge in [-0.2, -0.15) is 0 Å². The normalized spacial score (nSPS) is 14.6. The molecule has 0 saturated carbocycles. The highest BCUT2D eigenvalue weighted by Crippen LogP contribution is 2.47. The van der Waals surface area contributed by atoms with Gasteiger partial charge in [-0.25, -0.2) is 4.79 Å². The molecule has 3 N–H and O–H groups in total. The molecule has 1 aliphatic rings. The minimum atomic E-state index is -0.700. The van der Waals surface area contributed by atoms with Crippen LogP contribution in [0.4, 0.5) is 11.4 Å². The van der Waals surface area contributed by atoms with E-state index >= 15 is 0 Å². The Morgan fingerprint density at radius 1 is 1.03 bits per heavy atom. The van der Waals surface area contributed by atoms with Crippen molar-refractivity contribution in [1.82, 2.24) is 9.97 Å². The smallest absolute Gasteiger partial charge is 0.354 e. The Morgan fingerprint density at radius 2 is 1.74 bits per heavy atom. The molecule has 0 saturated heterocycles. The molecule has 1 atom stereocenters. The van der Waals surface area contributed by atoms with Crippen molar-refractivity contribution < 1.29 is 38.6 Å². The fraction of sp³-hybridized carbons (Fsp3) is 0.280. The van der Waals surface area contributed by atoms with Crippen LogP contribution in [0.1, 0.15) is 32.5 Å². The number of ether oxygens (including phenoxy) is 4. The van der Waals surface area contributed by atoms with Gasteiger partial charge in [0.25, 0.3) is 11.6 Å². The van der Waals surface area contributed by atoms with Crippen LogP contribution in [0.15, 0.2) is 24.3 Å². The Kier molecular flexibility index (Phi) is 6.07. The Balaban J connectivity index is 1.67. The monoisotopic (exact) mass is 524 g/mol. The number of amides is 1. The molecule has 0 aliphatic carbocycles. The number of esters is 1. The Hall–Kier alpha value is -4.78. The van der Waals surface area contributed by atoms with Gasteiger partial charge < -0.3 is 38.9 Å². The molecule has 1 unspecified atom stereocenters. The molecular weight excluding hydrogens is 500 g/mol. The number of carbonyl (C=O) groups excluding carboxylic acids is 2. The summed E-state index contributed by atoms with van der Waals surface area (Å²) >= 11 is 0. The van der Waals surface area contributed by atoms with Crippen LogP contribution in [0.25, 0.3) is 21.8 Å². The molecule has 0 spiro atoms. The molecule has 2 aromatic carbocycles. The number of nitro groups is 1. The number of nitrogens with one attached hydrogen (secondary N) is 2. The fourth-order valence-electron chi connectivity index (χ4n) is 5.06. The van der Waals surface area contributed by atoms with Crippen LogP contribution in [0, 0.1) is 10.1 Å². The van der Waals surface area contributed by atoms with Crippen LogP contribution in [-0.2, 0) is 4.74 Å². The van der Waals surface area contributed by atoms with Crippen molar-refractivity contribution in [3.8, 4) is 17.2 Å². The second kappa shape index (κ2) is 9.27. The van der Waals surface area contributed by atoms with Gasteiger partial charge in [0.05, 0.1) is 51.2 Å². The van der Waals surface area contributed by atoms with E-state index in [0.29, 0.717) is 39.1 Å². The number of H-pyrrole nitrogens is 2. The molecule has 0 bridgehead atoms. The summed E-state index contributed by atoms with van der Waals surface area (Å²) in [5.41, 5.74) is 1.28. The van der Waals surface area contributed by atoms with Crippen LogP contribution in [0.3, 0.4) is 0 Å². The SMILES string of the molecule is COC(=O)c1cc2c3c(cc([N+](=O)[O-])c2[nH]1)N(C(=O)c1cc2cc(OC)c(OC)c(OC)c2[nH]1)CC3CO. The third-order valence-corrected chi connectivity index (χ3v) is 6.73. The first-order chi connectivity index (χ1) is 18.3. The molecule has 1 aliphatic heterocycles. The topological polar surface area (TPSA) is 169 Å². The van der Waals surface area contributed by atoms with E-state index < -0.39 is 22.7 Å². The molecule has 5 rings (SSSR count). The first-order valence-corrected chi connectivity index (χ1v) is 11.4. The molecule has 0 fully saturated rings. The van der Waals surface area contributed by atoms with Crippen LogP contribution >= 0.6 is 0 Å². The third kappa shape index (κ3) is 3.58. The number of benzene rings is 2. The average Bonchev–Trinajstić information content (AvgIpc) is 3.64. The number of aromatic amines is 2. The molecule has 4 aromatic rings. The van der Waals surface area contributed by atoms with Crippen LogP contribution in [-0.4, -0.2) is 73.5 Å². The number of hydrogen-bond donors (Lipinski definition) is 3. The lowest BCUT2D eigenvalue weighted by Crippen LogP contribution is -2.30. The van der Waals surface area contributed by atoms with Gasteiger partial charge in [0.1, 0.15) is 16.9 Å². The molecule has 3 heterocycles. The highest BCUT2D eigenvalue weighted by Gasteiger charge is 2.38. The number of anilines is 1. The maximum absolute atomic E-state index is 13.8. The number of aromatic nitrogens is 2. The fourth-order valence-corrected chi connectivity index (χ4v) is 5.06. The maximum Gasteiger partial charge on any atom is 0.354 e. The van der Waals surface area contributed by atoms with Gasteiger partial charge in [-0.1, -0.05) is 0 Å². The number of methoxy groups -OCH3 is 4. The molecule has 198 valence electrons. The lowest BCUT2D eigenvalue weighted by molar-refractivity contribution is -0.383. The van der Waals surface area contributed by atoms with Crippen LogP contribution < -0.4 is 19.1 Å². The van der Waals surface area contributed by atoms with Crippen molar-refractivity contribution in [2.45, 2.75) is 5.92 Å². The van der Waals surface area contributed by atoms with Crippen LogP contribution in [0.2, 0.25) is 0 Å².